The van der Waals surface area contributed by atoms with Crippen LogP contribution in [0.1, 0.15) is 86.5 Å². The van der Waals surface area contributed by atoms with Crippen LogP contribution in [0.2, 0.25) is 0 Å². The van der Waals surface area contributed by atoms with Gasteiger partial charge in [0, 0.05) is 79.1 Å². The Hall–Kier alpha value is -11.7. The zero-order chi connectivity index (χ0) is 66.4. The van der Waals surface area contributed by atoms with Crippen LogP contribution in [0.25, 0.3) is 55.6 Å². The lowest BCUT2D eigenvalue weighted by Crippen LogP contribution is -2.28. The Kier molecular flexibility index (Phi) is 15.7. The maximum atomic E-state index is 2.55. The molecule has 100 heavy (non-hydrogen) atoms. The largest absolute Gasteiger partial charge is 0.310 e. The predicted octanol–water partition coefficient (Wildman–Crippen LogP) is 27.0. The lowest BCUT2D eigenvalue weighted by molar-refractivity contribution is 0.353. The molecule has 4 aliphatic carbocycles. The summed E-state index contributed by atoms with van der Waals surface area (Å²) in [6, 6.07) is 131. The zero-order valence-corrected chi connectivity index (χ0v) is 56.3. The van der Waals surface area contributed by atoms with Gasteiger partial charge < -0.3 is 19.6 Å². The summed E-state index contributed by atoms with van der Waals surface area (Å²) >= 11 is 0. The first kappa shape index (κ1) is 60.7. The summed E-state index contributed by atoms with van der Waals surface area (Å²) in [6.07, 6.45) is 12.3. The van der Waals surface area contributed by atoms with Gasteiger partial charge in [-0.1, -0.05) is 245 Å². The summed E-state index contributed by atoms with van der Waals surface area (Å²) in [6.45, 7) is 0. The molecule has 0 heterocycles. The zero-order valence-electron chi connectivity index (χ0n) is 56.3. The molecule has 4 aliphatic rings. The molecular formula is C96H78N4. The molecule has 0 aromatic heterocycles. The first-order chi connectivity index (χ1) is 49.5. The fraction of sp³-hybridized carbons (Fsp3) is 0.125. The first-order valence-corrected chi connectivity index (χ1v) is 36.0. The third-order valence-electron chi connectivity index (χ3n) is 22.2. The SMILES string of the molecule is c1ccc(N(c2ccccc2)c2cccc(-c3ccc(N(c4ccc(-c5ccc(N(c6ccc(-c7cccc(N(c8ccccc8)c8ccccc8)c7)cc6)c6ccc7c(c6)C6(CCCCC6)c6ccccc6-7)cc5)cc4)c4ccc5c(c4)C4(CCCCC4)c4ccccc4-5)cc3)c2)cc1. The number of nitrogens with zero attached hydrogens (tertiary/aromatic N) is 4. The highest BCUT2D eigenvalue weighted by atomic mass is 15.2. The van der Waals surface area contributed by atoms with Gasteiger partial charge in [-0.05, 0) is 249 Å². The number of hydrogen-bond donors (Lipinski definition) is 0. The predicted molar refractivity (Wildman–Crippen MR) is 420 cm³/mol. The molecule has 0 N–H and O–H groups in total. The smallest absolute Gasteiger partial charge is 0.0467 e. The first-order valence-electron chi connectivity index (χ1n) is 36.0. The molecule has 0 atom stereocenters. The Bertz CT molecular complexity index is 4820. The Labute approximate surface area is 589 Å². The third-order valence-corrected chi connectivity index (χ3v) is 22.2. The molecule has 0 saturated heterocycles. The van der Waals surface area contributed by atoms with E-state index in [-0.39, 0.29) is 10.8 Å². The topological polar surface area (TPSA) is 13.0 Å². The van der Waals surface area contributed by atoms with E-state index < -0.39 is 0 Å². The van der Waals surface area contributed by atoms with Crippen LogP contribution >= 0.6 is 0 Å². The normalized spacial score (nSPS) is 14.4. The summed E-state index contributed by atoms with van der Waals surface area (Å²) in [5.74, 6) is 0. The Balaban J connectivity index is 0.698. The van der Waals surface area contributed by atoms with Gasteiger partial charge in [-0.25, -0.2) is 0 Å². The number of benzene rings is 14. The summed E-state index contributed by atoms with van der Waals surface area (Å²) in [4.78, 5) is 9.64. The summed E-state index contributed by atoms with van der Waals surface area (Å²) in [7, 11) is 0. The van der Waals surface area contributed by atoms with Crippen LogP contribution in [-0.4, -0.2) is 0 Å². The fourth-order valence-electron chi connectivity index (χ4n) is 17.5. The maximum Gasteiger partial charge on any atom is 0.0467 e. The van der Waals surface area contributed by atoms with Gasteiger partial charge in [0.2, 0.25) is 0 Å². The quantitative estimate of drug-likeness (QED) is 0.101. The van der Waals surface area contributed by atoms with E-state index in [2.05, 4.69) is 371 Å². The molecule has 2 fully saturated rings. The molecule has 482 valence electrons. The van der Waals surface area contributed by atoms with Crippen LogP contribution in [0.5, 0.6) is 0 Å². The average Bonchev–Trinajstić information content (AvgIpc) is 1.57. The number of anilines is 12. The highest BCUT2D eigenvalue weighted by molar-refractivity contribution is 5.90. The van der Waals surface area contributed by atoms with Gasteiger partial charge >= 0.3 is 0 Å². The molecule has 14 aromatic carbocycles. The number of hydrogen-bond acceptors (Lipinski definition) is 4. The molecule has 0 unspecified atom stereocenters. The summed E-state index contributed by atoms with van der Waals surface area (Å²) in [5, 5.41) is 0. The summed E-state index contributed by atoms with van der Waals surface area (Å²) in [5.41, 5.74) is 32.1. The van der Waals surface area contributed by atoms with Gasteiger partial charge in [0.05, 0.1) is 0 Å². The second-order valence-electron chi connectivity index (χ2n) is 27.8. The Morgan fingerprint density at radius 3 is 0.720 bits per heavy atom. The van der Waals surface area contributed by atoms with E-state index in [1.807, 2.05) is 0 Å². The van der Waals surface area contributed by atoms with Crippen molar-refractivity contribution in [3.05, 3.63) is 374 Å². The van der Waals surface area contributed by atoms with Crippen LogP contribution in [0.15, 0.2) is 352 Å². The fourth-order valence-corrected chi connectivity index (χ4v) is 17.5. The minimum Gasteiger partial charge on any atom is -0.310 e. The minimum absolute atomic E-state index is 0.0224. The van der Waals surface area contributed by atoms with Gasteiger partial charge in [0.15, 0.2) is 0 Å². The van der Waals surface area contributed by atoms with E-state index in [4.69, 9.17) is 0 Å². The Morgan fingerprint density at radius 1 is 0.160 bits per heavy atom. The van der Waals surface area contributed by atoms with E-state index in [1.165, 1.54) is 131 Å². The van der Waals surface area contributed by atoms with E-state index in [0.29, 0.717) is 0 Å². The molecule has 0 aliphatic heterocycles. The van der Waals surface area contributed by atoms with Crippen molar-refractivity contribution in [3.63, 3.8) is 0 Å². The third kappa shape index (κ3) is 10.9. The van der Waals surface area contributed by atoms with Crippen molar-refractivity contribution >= 4 is 68.2 Å². The molecule has 2 saturated carbocycles. The van der Waals surface area contributed by atoms with Crippen molar-refractivity contribution in [3.8, 4) is 55.6 Å². The van der Waals surface area contributed by atoms with Crippen molar-refractivity contribution in [1.29, 1.82) is 0 Å². The highest BCUT2D eigenvalue weighted by Crippen LogP contribution is 2.59. The highest BCUT2D eigenvalue weighted by Gasteiger charge is 2.45. The van der Waals surface area contributed by atoms with Gasteiger partial charge in [0.1, 0.15) is 0 Å². The van der Waals surface area contributed by atoms with E-state index in [1.54, 1.807) is 0 Å². The maximum absolute atomic E-state index is 2.55. The second kappa shape index (κ2) is 25.9. The lowest BCUT2D eigenvalue weighted by atomic mass is 9.68. The molecule has 0 radical (unpaired) electrons. The van der Waals surface area contributed by atoms with Crippen molar-refractivity contribution in [1.82, 2.24) is 0 Å². The second-order valence-corrected chi connectivity index (χ2v) is 27.8. The molecule has 14 aromatic rings. The van der Waals surface area contributed by atoms with Gasteiger partial charge in [-0.2, -0.15) is 0 Å². The van der Waals surface area contributed by atoms with Crippen molar-refractivity contribution in [2.45, 2.75) is 75.0 Å². The van der Waals surface area contributed by atoms with Crippen LogP contribution in [0, 0.1) is 0 Å². The standard InChI is InChI=1S/C96H78N4/c1-7-27-75(28-8-1)97(76-29-9-2-10-30-76)83-35-23-25-73(65-83)71-45-53-81(54-46-71)99(85-57-59-89-87-37-15-17-39-91(87)95(93(89)67-85)61-19-5-20-62-95)79-49-41-69(42-50-79)70-43-51-80(52-44-70)100(86-58-60-90-88-38-16-18-40-92(88)96(94(90)68-86)63-21-6-22-64-96)82-55-47-72(48-56-82)74-26-24-36-84(66-74)98(77-31-11-3-12-32-77)78-33-13-4-14-34-78/h1-4,7-18,23-60,65-68H,5-6,19-22,61-64H2. The van der Waals surface area contributed by atoms with E-state index in [9.17, 15) is 0 Å². The number of rotatable bonds is 15. The van der Waals surface area contributed by atoms with Crippen molar-refractivity contribution in [2.24, 2.45) is 0 Å². The van der Waals surface area contributed by atoms with E-state index in [0.717, 1.165) is 79.1 Å². The van der Waals surface area contributed by atoms with E-state index >= 15 is 0 Å². The van der Waals surface area contributed by atoms with Crippen LogP contribution in [-0.2, 0) is 10.8 Å². The molecular weight excluding hydrogens is 1210 g/mol. The van der Waals surface area contributed by atoms with Gasteiger partial charge in [0.25, 0.3) is 0 Å². The van der Waals surface area contributed by atoms with Gasteiger partial charge in [-0.3, -0.25) is 0 Å². The number of para-hydroxylation sites is 4. The van der Waals surface area contributed by atoms with Crippen LogP contribution < -0.4 is 19.6 Å². The van der Waals surface area contributed by atoms with Gasteiger partial charge in [-0.15, -0.1) is 0 Å². The minimum atomic E-state index is 0.0224. The van der Waals surface area contributed by atoms with Crippen LogP contribution in [0.3, 0.4) is 0 Å². The summed E-state index contributed by atoms with van der Waals surface area (Å²) < 4.78 is 0. The van der Waals surface area contributed by atoms with Crippen molar-refractivity contribution in [2.75, 3.05) is 19.6 Å². The molecule has 0 amide bonds. The molecule has 2 spiro atoms. The lowest BCUT2D eigenvalue weighted by Gasteiger charge is -2.36. The molecule has 0 bridgehead atoms. The van der Waals surface area contributed by atoms with Crippen LogP contribution in [0.4, 0.5) is 68.2 Å². The average molecular weight is 1290 g/mol. The monoisotopic (exact) mass is 1290 g/mol. The number of fused-ring (bicyclic) bond motifs is 10. The molecule has 4 heteroatoms. The van der Waals surface area contributed by atoms with Crippen molar-refractivity contribution < 1.29 is 0 Å². The Morgan fingerprint density at radius 2 is 0.400 bits per heavy atom. The molecule has 18 rings (SSSR count). The molecule has 4 nitrogen and oxygen atoms in total.